The summed E-state index contributed by atoms with van der Waals surface area (Å²) in [5.74, 6) is -0.635. The number of nitrogens with zero attached hydrogens (tertiary/aromatic N) is 6. The number of hydrogen-bond donors (Lipinski definition) is 0. The molecule has 8 nitrogen and oxygen atoms in total. The van der Waals surface area contributed by atoms with Gasteiger partial charge in [-0.1, -0.05) is 18.5 Å². The third-order valence-corrected chi connectivity index (χ3v) is 4.15. The minimum absolute atomic E-state index is 0.0790. The molecule has 160 valence electrons. The molecular weight excluding hydrogens is 437 g/mol. The summed E-state index contributed by atoms with van der Waals surface area (Å²) < 4.78 is 43.9. The van der Waals surface area contributed by atoms with Crippen molar-refractivity contribution in [2.24, 2.45) is 0 Å². The van der Waals surface area contributed by atoms with E-state index in [1.165, 1.54) is 18.2 Å². The molecular formula is C19H14ClF3N6O2. The van der Waals surface area contributed by atoms with Gasteiger partial charge in [-0.05, 0) is 30.7 Å². The average Bonchev–Trinajstić information content (AvgIpc) is 3.15. The first-order chi connectivity index (χ1) is 14.7. The van der Waals surface area contributed by atoms with Crippen LogP contribution in [0.1, 0.15) is 31.2 Å². The summed E-state index contributed by atoms with van der Waals surface area (Å²) in [6.45, 7) is 1.53. The molecule has 0 amide bonds. The van der Waals surface area contributed by atoms with Crippen LogP contribution in [-0.2, 0) is 22.4 Å². The Kier molecular flexibility index (Phi) is 6.50. The van der Waals surface area contributed by atoms with E-state index in [9.17, 15) is 23.2 Å². The van der Waals surface area contributed by atoms with Crippen molar-refractivity contribution in [3.8, 4) is 28.7 Å². The van der Waals surface area contributed by atoms with Crippen molar-refractivity contribution in [2.75, 3.05) is 0 Å². The van der Waals surface area contributed by atoms with Crippen LogP contribution in [0.3, 0.4) is 0 Å². The first-order valence-electron chi connectivity index (χ1n) is 8.93. The van der Waals surface area contributed by atoms with Gasteiger partial charge in [0, 0.05) is 28.8 Å². The zero-order valence-corrected chi connectivity index (χ0v) is 16.8. The molecule has 3 rings (SSSR count). The van der Waals surface area contributed by atoms with E-state index < -0.39 is 17.8 Å². The summed E-state index contributed by atoms with van der Waals surface area (Å²) in [4.78, 5) is 20.0. The third kappa shape index (κ3) is 5.35. The number of benzene rings is 1. The second-order valence-electron chi connectivity index (χ2n) is 6.27. The summed E-state index contributed by atoms with van der Waals surface area (Å²) in [7, 11) is 0. The molecule has 1 aromatic carbocycles. The van der Waals surface area contributed by atoms with Gasteiger partial charge in [0.15, 0.2) is 11.5 Å². The third-order valence-electron chi connectivity index (χ3n) is 3.93. The zero-order valence-electron chi connectivity index (χ0n) is 16.0. The van der Waals surface area contributed by atoms with Gasteiger partial charge in [-0.25, -0.2) is 9.97 Å². The average molecular weight is 451 g/mol. The Balaban J connectivity index is 1.97. The van der Waals surface area contributed by atoms with Gasteiger partial charge >= 0.3 is 12.1 Å². The Bertz CT molecular complexity index is 1160. The molecule has 0 aliphatic carbocycles. The molecule has 0 saturated carbocycles. The molecule has 0 radical (unpaired) electrons. The first-order valence-corrected chi connectivity index (χ1v) is 9.31. The Morgan fingerprint density at radius 2 is 2.00 bits per heavy atom. The van der Waals surface area contributed by atoms with Crippen LogP contribution in [0.15, 0.2) is 30.5 Å². The predicted molar refractivity (Wildman–Crippen MR) is 102 cm³/mol. The van der Waals surface area contributed by atoms with E-state index in [2.05, 4.69) is 20.2 Å². The fraction of sp³-hybridized carbons (Fsp3) is 0.263. The molecule has 0 unspecified atom stereocenters. The molecule has 3 aromatic rings. The van der Waals surface area contributed by atoms with Crippen molar-refractivity contribution in [3.63, 3.8) is 0 Å². The molecule has 0 aliphatic rings. The van der Waals surface area contributed by atoms with E-state index in [0.717, 1.165) is 17.1 Å². The highest BCUT2D eigenvalue weighted by atomic mass is 35.5. The number of esters is 1. The van der Waals surface area contributed by atoms with Crippen LogP contribution in [0.2, 0.25) is 5.02 Å². The van der Waals surface area contributed by atoms with Crippen molar-refractivity contribution in [1.29, 1.82) is 5.26 Å². The lowest BCUT2D eigenvalue weighted by molar-refractivity contribution is -0.148. The maximum atomic E-state index is 13.0. The SMILES string of the molecule is CCCC(=O)OCn1nc(C#N)c(-c2cc(Cl)cc(-c3nccc(C(F)(F)F)n3)c2)n1. The predicted octanol–water partition coefficient (Wildman–Crippen LogP) is 4.25. The van der Waals surface area contributed by atoms with Gasteiger partial charge < -0.3 is 4.74 Å². The molecule has 0 aliphatic heterocycles. The van der Waals surface area contributed by atoms with Crippen LogP contribution in [0.4, 0.5) is 13.2 Å². The lowest BCUT2D eigenvalue weighted by Crippen LogP contribution is -2.11. The highest BCUT2D eigenvalue weighted by Gasteiger charge is 2.33. The van der Waals surface area contributed by atoms with Crippen molar-refractivity contribution >= 4 is 17.6 Å². The minimum Gasteiger partial charge on any atom is -0.441 e. The number of hydrogen-bond acceptors (Lipinski definition) is 7. The number of alkyl halides is 3. The zero-order chi connectivity index (χ0) is 22.6. The Labute approximate surface area is 179 Å². The monoisotopic (exact) mass is 450 g/mol. The van der Waals surface area contributed by atoms with Crippen LogP contribution in [0, 0.1) is 11.3 Å². The second-order valence-corrected chi connectivity index (χ2v) is 6.71. The standard InChI is InChI=1S/C19H14ClF3N6O2/c1-2-3-16(30)31-10-29-27-14(9-24)17(28-29)11-6-12(8-13(20)7-11)18-25-5-4-15(26-18)19(21,22)23/h4-8H,2-3,10H2,1H3. The van der Waals surface area contributed by atoms with E-state index >= 15 is 0 Å². The maximum Gasteiger partial charge on any atom is 0.433 e. The number of carbonyl (C=O) groups excluding carboxylic acids is 1. The molecule has 0 bridgehead atoms. The summed E-state index contributed by atoms with van der Waals surface area (Å²) >= 11 is 6.13. The van der Waals surface area contributed by atoms with Gasteiger partial charge in [0.1, 0.15) is 17.5 Å². The van der Waals surface area contributed by atoms with Crippen LogP contribution >= 0.6 is 11.6 Å². The van der Waals surface area contributed by atoms with E-state index in [4.69, 9.17) is 16.3 Å². The van der Waals surface area contributed by atoms with Gasteiger partial charge in [-0.15, -0.1) is 15.0 Å². The van der Waals surface area contributed by atoms with Crippen LogP contribution in [0.25, 0.3) is 22.6 Å². The van der Waals surface area contributed by atoms with Crippen molar-refractivity contribution in [3.05, 3.63) is 46.9 Å². The lowest BCUT2D eigenvalue weighted by Gasteiger charge is -2.08. The van der Waals surface area contributed by atoms with Crippen LogP contribution < -0.4 is 0 Å². The molecule has 31 heavy (non-hydrogen) atoms. The molecule has 0 fully saturated rings. The van der Waals surface area contributed by atoms with Crippen LogP contribution in [0.5, 0.6) is 0 Å². The normalized spacial score (nSPS) is 11.2. The van der Waals surface area contributed by atoms with Crippen molar-refractivity contribution in [1.82, 2.24) is 25.0 Å². The molecule has 0 N–H and O–H groups in total. The number of aromatic nitrogens is 5. The maximum absolute atomic E-state index is 13.0. The number of rotatable bonds is 6. The van der Waals surface area contributed by atoms with Gasteiger partial charge in [0.05, 0.1) is 0 Å². The number of nitriles is 1. The van der Waals surface area contributed by atoms with Crippen molar-refractivity contribution in [2.45, 2.75) is 32.7 Å². The summed E-state index contributed by atoms with van der Waals surface area (Å²) in [6.07, 6.45) is -2.80. The van der Waals surface area contributed by atoms with E-state index in [1.807, 2.05) is 13.0 Å². The number of ether oxygens (including phenoxy) is 1. The molecule has 0 atom stereocenters. The van der Waals surface area contributed by atoms with Crippen molar-refractivity contribution < 1.29 is 22.7 Å². The van der Waals surface area contributed by atoms with Gasteiger partial charge in [0.2, 0.25) is 6.73 Å². The van der Waals surface area contributed by atoms with Gasteiger partial charge in [0.25, 0.3) is 0 Å². The molecule has 2 heterocycles. The van der Waals surface area contributed by atoms with Gasteiger partial charge in [-0.2, -0.15) is 18.4 Å². The fourth-order valence-corrected chi connectivity index (χ4v) is 2.83. The molecule has 0 spiro atoms. The Morgan fingerprint density at radius 3 is 2.68 bits per heavy atom. The van der Waals surface area contributed by atoms with E-state index in [1.54, 1.807) is 0 Å². The van der Waals surface area contributed by atoms with E-state index in [0.29, 0.717) is 12.0 Å². The van der Waals surface area contributed by atoms with Crippen LogP contribution in [-0.4, -0.2) is 30.9 Å². The number of halogens is 4. The molecule has 2 aromatic heterocycles. The summed E-state index contributed by atoms with van der Waals surface area (Å²) in [5.41, 5.74) is -0.557. The largest absolute Gasteiger partial charge is 0.441 e. The lowest BCUT2D eigenvalue weighted by atomic mass is 10.1. The van der Waals surface area contributed by atoms with Gasteiger partial charge in [-0.3, -0.25) is 4.79 Å². The smallest absolute Gasteiger partial charge is 0.433 e. The topological polar surface area (TPSA) is 107 Å². The molecule has 12 heteroatoms. The summed E-state index contributed by atoms with van der Waals surface area (Å²) in [6, 6.07) is 6.94. The molecule has 0 saturated heterocycles. The van der Waals surface area contributed by atoms with E-state index in [-0.39, 0.29) is 40.9 Å². The first kappa shape index (κ1) is 22.2. The summed E-state index contributed by atoms with van der Waals surface area (Å²) in [5, 5.41) is 17.7. The number of carbonyl (C=O) groups is 1. The Hall–Kier alpha value is -3.52. The highest BCUT2D eigenvalue weighted by Crippen LogP contribution is 2.32. The Morgan fingerprint density at radius 1 is 1.26 bits per heavy atom. The quantitative estimate of drug-likeness (QED) is 0.517. The fourth-order valence-electron chi connectivity index (χ4n) is 2.59. The minimum atomic E-state index is -4.63. The highest BCUT2D eigenvalue weighted by molar-refractivity contribution is 6.31. The second kappa shape index (κ2) is 9.09.